The lowest BCUT2D eigenvalue weighted by atomic mass is 9.88. The highest BCUT2D eigenvalue weighted by molar-refractivity contribution is 9.10. The fourth-order valence-corrected chi connectivity index (χ4v) is 2.01. The lowest BCUT2D eigenvalue weighted by Gasteiger charge is -2.25. The van der Waals surface area contributed by atoms with E-state index in [1.54, 1.807) is 0 Å². The lowest BCUT2D eigenvalue weighted by Crippen LogP contribution is -2.24. The zero-order valence-corrected chi connectivity index (χ0v) is 12.3. The van der Waals surface area contributed by atoms with E-state index < -0.39 is 0 Å². The van der Waals surface area contributed by atoms with Crippen molar-refractivity contribution < 1.29 is 5.11 Å². The molecule has 0 amide bonds. The number of anilines is 1. The first-order chi connectivity index (χ1) is 7.96. The molecule has 3 nitrogen and oxygen atoms in total. The predicted octanol–water partition coefficient (Wildman–Crippen LogP) is 3.36. The number of nitrogens with zero attached hydrogens (tertiary/aromatic N) is 1. The van der Waals surface area contributed by atoms with Gasteiger partial charge >= 0.3 is 0 Å². The molecule has 0 spiro atoms. The fraction of sp³-hybridized carbons (Fsp3) is 0.615. The van der Waals surface area contributed by atoms with E-state index in [0.717, 1.165) is 29.7 Å². The molecule has 0 aliphatic carbocycles. The van der Waals surface area contributed by atoms with Gasteiger partial charge in [-0.1, -0.05) is 13.8 Å². The van der Waals surface area contributed by atoms with Gasteiger partial charge in [0.2, 0.25) is 0 Å². The Morgan fingerprint density at radius 1 is 1.47 bits per heavy atom. The first-order valence-electron chi connectivity index (χ1n) is 5.92. The fourth-order valence-electron chi connectivity index (χ4n) is 1.63. The maximum absolute atomic E-state index is 8.86. The minimum Gasteiger partial charge on any atom is -0.396 e. The molecule has 0 saturated carbocycles. The molecule has 0 aliphatic heterocycles. The van der Waals surface area contributed by atoms with Crippen molar-refractivity contribution in [1.29, 1.82) is 0 Å². The van der Waals surface area contributed by atoms with Crippen LogP contribution in [-0.4, -0.2) is 23.2 Å². The molecule has 0 atom stereocenters. The van der Waals surface area contributed by atoms with Crippen molar-refractivity contribution in [1.82, 2.24) is 4.98 Å². The third-order valence-electron chi connectivity index (χ3n) is 2.83. The van der Waals surface area contributed by atoms with Gasteiger partial charge in [0.15, 0.2) is 0 Å². The molecule has 4 heteroatoms. The number of aliphatic hydroxyl groups is 1. The van der Waals surface area contributed by atoms with E-state index in [0.29, 0.717) is 0 Å². The van der Waals surface area contributed by atoms with Crippen LogP contribution in [-0.2, 0) is 0 Å². The highest BCUT2D eigenvalue weighted by Gasteiger charge is 2.17. The van der Waals surface area contributed by atoms with E-state index in [2.05, 4.69) is 40.1 Å². The summed E-state index contributed by atoms with van der Waals surface area (Å²) in [6.45, 7) is 7.55. The first-order valence-corrected chi connectivity index (χ1v) is 6.71. The summed E-state index contributed by atoms with van der Waals surface area (Å²) in [5.74, 6) is 0.891. The number of rotatable bonds is 6. The Balaban J connectivity index is 2.58. The zero-order chi connectivity index (χ0) is 12.9. The molecular formula is C13H21BrN2O. The van der Waals surface area contributed by atoms with Gasteiger partial charge in [-0.15, -0.1) is 0 Å². The van der Waals surface area contributed by atoms with Crippen LogP contribution >= 0.6 is 15.9 Å². The first kappa shape index (κ1) is 14.5. The quantitative estimate of drug-likeness (QED) is 0.847. The molecule has 0 bridgehead atoms. The second-order valence-electron chi connectivity index (χ2n) is 5.14. The van der Waals surface area contributed by atoms with Crippen molar-refractivity contribution in [3.63, 3.8) is 0 Å². The third-order valence-corrected chi connectivity index (χ3v) is 3.83. The van der Waals surface area contributed by atoms with Crippen molar-refractivity contribution >= 4 is 21.7 Å². The molecule has 0 saturated heterocycles. The molecule has 96 valence electrons. The monoisotopic (exact) mass is 300 g/mol. The maximum atomic E-state index is 8.86. The Kier molecular flexibility index (Phi) is 5.40. The second kappa shape index (κ2) is 6.36. The SMILES string of the molecule is Cc1ccnc(NCC(C)(C)CCCO)c1Br. The minimum atomic E-state index is 0.160. The van der Waals surface area contributed by atoms with Crippen molar-refractivity contribution in [3.8, 4) is 0 Å². The molecule has 1 rings (SSSR count). The number of aromatic nitrogens is 1. The van der Waals surface area contributed by atoms with Gasteiger partial charge in [-0.2, -0.15) is 0 Å². The van der Waals surface area contributed by atoms with Gasteiger partial charge in [-0.05, 0) is 52.7 Å². The maximum Gasteiger partial charge on any atom is 0.140 e. The second-order valence-corrected chi connectivity index (χ2v) is 5.93. The van der Waals surface area contributed by atoms with Gasteiger partial charge < -0.3 is 10.4 Å². The standard InChI is InChI=1S/C13H21BrN2O/c1-10-5-7-15-12(11(10)14)16-9-13(2,3)6-4-8-17/h5,7,17H,4,6,8-9H2,1-3H3,(H,15,16). The van der Waals surface area contributed by atoms with Crippen LogP contribution in [0, 0.1) is 12.3 Å². The Morgan fingerprint density at radius 2 is 2.18 bits per heavy atom. The molecule has 2 N–H and O–H groups in total. The molecule has 1 aromatic heterocycles. The summed E-state index contributed by atoms with van der Waals surface area (Å²) < 4.78 is 1.03. The van der Waals surface area contributed by atoms with E-state index in [1.165, 1.54) is 5.56 Å². The van der Waals surface area contributed by atoms with E-state index in [9.17, 15) is 0 Å². The summed E-state index contributed by atoms with van der Waals surface area (Å²) in [7, 11) is 0. The topological polar surface area (TPSA) is 45.2 Å². The Morgan fingerprint density at radius 3 is 2.82 bits per heavy atom. The van der Waals surface area contributed by atoms with E-state index in [-0.39, 0.29) is 12.0 Å². The summed E-state index contributed by atoms with van der Waals surface area (Å²) in [6, 6.07) is 1.98. The average Bonchev–Trinajstić information content (AvgIpc) is 2.29. The number of halogens is 1. The van der Waals surface area contributed by atoms with Gasteiger partial charge in [-0.25, -0.2) is 4.98 Å². The number of aryl methyl sites for hydroxylation is 1. The molecule has 0 unspecified atom stereocenters. The van der Waals surface area contributed by atoms with Crippen LogP contribution in [0.4, 0.5) is 5.82 Å². The van der Waals surface area contributed by atoms with Gasteiger partial charge in [-0.3, -0.25) is 0 Å². The zero-order valence-electron chi connectivity index (χ0n) is 10.8. The van der Waals surface area contributed by atoms with Crippen LogP contribution in [0.1, 0.15) is 32.3 Å². The van der Waals surface area contributed by atoms with Crippen molar-refractivity contribution in [2.24, 2.45) is 5.41 Å². The van der Waals surface area contributed by atoms with Crippen molar-refractivity contribution in [2.45, 2.75) is 33.6 Å². The molecule has 17 heavy (non-hydrogen) atoms. The van der Waals surface area contributed by atoms with Gasteiger partial charge in [0.05, 0.1) is 4.47 Å². The summed E-state index contributed by atoms with van der Waals surface area (Å²) >= 11 is 3.54. The van der Waals surface area contributed by atoms with Gasteiger partial charge in [0.25, 0.3) is 0 Å². The lowest BCUT2D eigenvalue weighted by molar-refractivity contribution is 0.248. The molecule has 0 radical (unpaired) electrons. The summed E-state index contributed by atoms with van der Waals surface area (Å²) in [6.07, 6.45) is 3.65. The van der Waals surface area contributed by atoms with Gasteiger partial charge in [0, 0.05) is 19.3 Å². The van der Waals surface area contributed by atoms with E-state index in [1.807, 2.05) is 19.2 Å². The number of aliphatic hydroxyl groups excluding tert-OH is 1. The van der Waals surface area contributed by atoms with Gasteiger partial charge in [0.1, 0.15) is 5.82 Å². The largest absolute Gasteiger partial charge is 0.396 e. The molecular weight excluding hydrogens is 280 g/mol. The van der Waals surface area contributed by atoms with Crippen LogP contribution in [0.2, 0.25) is 0 Å². The number of hydrogen-bond acceptors (Lipinski definition) is 3. The Hall–Kier alpha value is -0.610. The van der Waals surface area contributed by atoms with E-state index in [4.69, 9.17) is 5.11 Å². The smallest absolute Gasteiger partial charge is 0.140 e. The number of hydrogen-bond donors (Lipinski definition) is 2. The highest BCUT2D eigenvalue weighted by Crippen LogP contribution is 2.26. The van der Waals surface area contributed by atoms with Crippen LogP contribution < -0.4 is 5.32 Å². The number of pyridine rings is 1. The Labute approximate surface area is 112 Å². The highest BCUT2D eigenvalue weighted by atomic mass is 79.9. The van der Waals surface area contributed by atoms with Crippen LogP contribution in [0.15, 0.2) is 16.7 Å². The number of nitrogens with one attached hydrogen (secondary N) is 1. The summed E-state index contributed by atoms with van der Waals surface area (Å²) in [5, 5.41) is 12.2. The normalized spacial score (nSPS) is 11.6. The molecule has 0 fully saturated rings. The summed E-state index contributed by atoms with van der Waals surface area (Å²) in [4.78, 5) is 4.32. The van der Waals surface area contributed by atoms with E-state index >= 15 is 0 Å². The molecule has 1 heterocycles. The van der Waals surface area contributed by atoms with Crippen molar-refractivity contribution in [3.05, 3.63) is 22.3 Å². The summed E-state index contributed by atoms with van der Waals surface area (Å²) in [5.41, 5.74) is 1.34. The average molecular weight is 301 g/mol. The van der Waals surface area contributed by atoms with Crippen LogP contribution in [0.5, 0.6) is 0 Å². The molecule has 0 aromatic carbocycles. The minimum absolute atomic E-state index is 0.160. The van der Waals surface area contributed by atoms with Crippen molar-refractivity contribution in [2.75, 3.05) is 18.5 Å². The molecule has 0 aliphatic rings. The predicted molar refractivity (Wildman–Crippen MR) is 75.3 cm³/mol. The molecule has 1 aromatic rings. The third kappa shape index (κ3) is 4.64. The van der Waals surface area contributed by atoms with Crippen LogP contribution in [0.3, 0.4) is 0 Å². The van der Waals surface area contributed by atoms with Crippen LogP contribution in [0.25, 0.3) is 0 Å². The Bertz CT molecular complexity index is 366.